The van der Waals surface area contributed by atoms with Crippen molar-refractivity contribution in [2.75, 3.05) is 13.2 Å². The molecule has 374 valence electrons. The van der Waals surface area contributed by atoms with E-state index in [0.717, 1.165) is 122 Å². The van der Waals surface area contributed by atoms with Crippen molar-refractivity contribution in [3.05, 3.63) is 146 Å². The molecule has 0 bridgehead atoms. The number of esters is 3. The van der Waals surface area contributed by atoms with Crippen LogP contribution in [0.4, 0.5) is 0 Å². The first-order valence-corrected chi connectivity index (χ1v) is 26.3. The predicted octanol–water partition coefficient (Wildman–Crippen LogP) is 17.6. The smallest absolute Gasteiger partial charge is 0.306 e. The first-order valence-electron chi connectivity index (χ1n) is 26.3. The van der Waals surface area contributed by atoms with Gasteiger partial charge in [0.15, 0.2) is 6.10 Å². The molecule has 0 fully saturated rings. The van der Waals surface area contributed by atoms with Gasteiger partial charge in [0.1, 0.15) is 13.2 Å². The number of hydrogen-bond acceptors (Lipinski definition) is 6. The van der Waals surface area contributed by atoms with E-state index < -0.39 is 6.10 Å². The second-order valence-corrected chi connectivity index (χ2v) is 16.7. The van der Waals surface area contributed by atoms with E-state index in [4.69, 9.17) is 14.2 Å². The van der Waals surface area contributed by atoms with Crippen molar-refractivity contribution >= 4 is 17.9 Å². The van der Waals surface area contributed by atoms with Gasteiger partial charge >= 0.3 is 17.9 Å². The van der Waals surface area contributed by atoms with Gasteiger partial charge in [-0.3, -0.25) is 14.4 Å². The summed E-state index contributed by atoms with van der Waals surface area (Å²) in [6, 6.07) is 0. The maximum atomic E-state index is 12.8. The summed E-state index contributed by atoms with van der Waals surface area (Å²) >= 11 is 0. The lowest BCUT2D eigenvalue weighted by atomic mass is 10.1. The van der Waals surface area contributed by atoms with E-state index in [2.05, 4.69) is 154 Å². The molecule has 0 aromatic carbocycles. The summed E-state index contributed by atoms with van der Waals surface area (Å²) in [7, 11) is 0. The number of unbranched alkanes of at least 4 members (excludes halogenated alkanes) is 10. The highest BCUT2D eigenvalue weighted by Gasteiger charge is 2.19. The molecule has 0 unspecified atom stereocenters. The summed E-state index contributed by atoms with van der Waals surface area (Å²) in [6.07, 6.45) is 77.0. The molecular weight excluding hydrogens is 829 g/mol. The molecule has 0 aliphatic carbocycles. The summed E-state index contributed by atoms with van der Waals surface area (Å²) in [5, 5.41) is 0. The van der Waals surface area contributed by atoms with Crippen LogP contribution in [0.25, 0.3) is 0 Å². The van der Waals surface area contributed by atoms with Crippen molar-refractivity contribution in [3.63, 3.8) is 0 Å². The Morgan fingerprint density at radius 3 is 1.03 bits per heavy atom. The first kappa shape index (κ1) is 62.3. The quantitative estimate of drug-likeness (QED) is 0.0262. The fourth-order valence-corrected chi connectivity index (χ4v) is 6.43. The van der Waals surface area contributed by atoms with Crippen molar-refractivity contribution in [1.82, 2.24) is 0 Å². The second kappa shape index (κ2) is 53.9. The summed E-state index contributed by atoms with van der Waals surface area (Å²) in [5.41, 5.74) is 0. The third-order valence-corrected chi connectivity index (χ3v) is 10.3. The Morgan fingerprint density at radius 1 is 0.313 bits per heavy atom. The zero-order valence-electron chi connectivity index (χ0n) is 42.6. The molecule has 0 amide bonds. The highest BCUT2D eigenvalue weighted by molar-refractivity contribution is 5.71. The minimum Gasteiger partial charge on any atom is -0.462 e. The zero-order valence-corrected chi connectivity index (χ0v) is 42.6. The van der Waals surface area contributed by atoms with Crippen LogP contribution in [0.2, 0.25) is 0 Å². The SMILES string of the molecule is CC/C=C\C/C=C\C/C=C\C/C=C\C/C=C\C/C=C\CCC(=O)OC[C@H](COC(=O)CCCCCCC/C=C\C/C=C\CCCCC)OC(=O)CCCC/C=C\C/C=C\C/C=C\C/C=C\CC. The van der Waals surface area contributed by atoms with Gasteiger partial charge in [0.2, 0.25) is 0 Å². The van der Waals surface area contributed by atoms with Crippen molar-refractivity contribution in [2.45, 2.75) is 207 Å². The van der Waals surface area contributed by atoms with Crippen LogP contribution in [0.5, 0.6) is 0 Å². The summed E-state index contributed by atoms with van der Waals surface area (Å²) in [4.78, 5) is 38.0. The minimum absolute atomic E-state index is 0.132. The van der Waals surface area contributed by atoms with Gasteiger partial charge in [-0.05, 0) is 128 Å². The van der Waals surface area contributed by atoms with Crippen molar-refractivity contribution in [1.29, 1.82) is 0 Å². The molecule has 0 heterocycles. The maximum Gasteiger partial charge on any atom is 0.306 e. The van der Waals surface area contributed by atoms with Gasteiger partial charge in [0.25, 0.3) is 0 Å². The number of hydrogen-bond donors (Lipinski definition) is 0. The Morgan fingerprint density at radius 2 is 0.612 bits per heavy atom. The van der Waals surface area contributed by atoms with Crippen LogP contribution in [-0.4, -0.2) is 37.2 Å². The van der Waals surface area contributed by atoms with E-state index in [-0.39, 0.29) is 44.0 Å². The highest BCUT2D eigenvalue weighted by atomic mass is 16.6. The fraction of sp³-hybridized carbons (Fsp3) is 0.557. The van der Waals surface area contributed by atoms with Crippen LogP contribution >= 0.6 is 0 Å². The lowest BCUT2D eigenvalue weighted by Gasteiger charge is -2.18. The molecule has 0 aliphatic heterocycles. The standard InChI is InChI=1S/C61H94O6/c1-4-7-10-13-16-19-22-25-28-29-30-31-34-36-39-42-45-48-51-54-60(63)66-57-58(67-61(64)55-52-49-46-43-40-37-33-27-24-21-18-15-12-9-6-3)56-65-59(62)53-50-47-44-41-38-35-32-26-23-20-17-14-11-8-5-2/h7,9-10,12,16-21,25-28,30-33,36,39-40,43,45,48,58H,4-6,8,11,13-15,22-24,29,34-35,37-38,41-42,44,46-47,49-57H2,1-3H3/b10-7-,12-9-,19-16-,20-17-,21-18-,28-25-,31-30-,32-26-,33-27-,39-36-,43-40-,48-45-/t58-/m0/s1. The third kappa shape index (κ3) is 52.1. The highest BCUT2D eigenvalue weighted by Crippen LogP contribution is 2.11. The Balaban J connectivity index is 4.62. The number of ether oxygens (including phenoxy) is 3. The maximum absolute atomic E-state index is 12.8. The van der Waals surface area contributed by atoms with Gasteiger partial charge in [-0.2, -0.15) is 0 Å². The van der Waals surface area contributed by atoms with E-state index in [9.17, 15) is 14.4 Å². The van der Waals surface area contributed by atoms with Gasteiger partial charge in [-0.15, -0.1) is 0 Å². The monoisotopic (exact) mass is 923 g/mol. The Bertz CT molecular complexity index is 1530. The molecule has 0 aromatic rings. The lowest BCUT2D eigenvalue weighted by Crippen LogP contribution is -2.30. The van der Waals surface area contributed by atoms with Gasteiger partial charge < -0.3 is 14.2 Å². The van der Waals surface area contributed by atoms with Crippen LogP contribution in [0.15, 0.2) is 146 Å². The number of carbonyl (C=O) groups is 3. The number of rotatable bonds is 45. The van der Waals surface area contributed by atoms with Crippen LogP contribution in [0, 0.1) is 0 Å². The van der Waals surface area contributed by atoms with Crippen molar-refractivity contribution in [2.24, 2.45) is 0 Å². The zero-order chi connectivity index (χ0) is 48.6. The Hall–Kier alpha value is -4.71. The molecule has 0 radical (unpaired) electrons. The van der Waals surface area contributed by atoms with Crippen molar-refractivity contribution < 1.29 is 28.6 Å². The molecule has 6 nitrogen and oxygen atoms in total. The van der Waals surface area contributed by atoms with Crippen LogP contribution in [0.1, 0.15) is 201 Å². The van der Waals surface area contributed by atoms with Gasteiger partial charge in [-0.1, -0.05) is 199 Å². The summed E-state index contributed by atoms with van der Waals surface area (Å²) in [6.45, 7) is 6.24. The van der Waals surface area contributed by atoms with E-state index in [0.29, 0.717) is 19.3 Å². The van der Waals surface area contributed by atoms with Crippen LogP contribution < -0.4 is 0 Å². The van der Waals surface area contributed by atoms with Gasteiger partial charge in [0.05, 0.1) is 0 Å². The van der Waals surface area contributed by atoms with E-state index >= 15 is 0 Å². The number of allylic oxidation sites excluding steroid dienone is 24. The normalized spacial score (nSPS) is 13.3. The molecule has 1 atom stereocenters. The molecule has 0 aliphatic rings. The van der Waals surface area contributed by atoms with Crippen LogP contribution in [-0.2, 0) is 28.6 Å². The molecule has 0 aromatic heterocycles. The Labute approximate surface area is 410 Å². The van der Waals surface area contributed by atoms with Crippen LogP contribution in [0.3, 0.4) is 0 Å². The summed E-state index contributed by atoms with van der Waals surface area (Å²) < 4.78 is 16.7. The number of carbonyl (C=O) groups excluding carboxylic acids is 3. The third-order valence-electron chi connectivity index (χ3n) is 10.3. The first-order chi connectivity index (χ1) is 33.0. The summed E-state index contributed by atoms with van der Waals surface area (Å²) in [5.74, 6) is -1.09. The minimum atomic E-state index is -0.842. The largest absolute Gasteiger partial charge is 0.462 e. The molecule has 67 heavy (non-hydrogen) atoms. The van der Waals surface area contributed by atoms with E-state index in [1.54, 1.807) is 0 Å². The topological polar surface area (TPSA) is 78.9 Å². The van der Waals surface area contributed by atoms with Gasteiger partial charge in [0, 0.05) is 19.3 Å². The lowest BCUT2D eigenvalue weighted by molar-refractivity contribution is -0.166. The second-order valence-electron chi connectivity index (χ2n) is 16.7. The fourth-order valence-electron chi connectivity index (χ4n) is 6.43. The van der Waals surface area contributed by atoms with E-state index in [1.807, 2.05) is 12.2 Å². The van der Waals surface area contributed by atoms with Crippen molar-refractivity contribution in [3.8, 4) is 0 Å². The molecule has 0 rings (SSSR count). The average molecular weight is 923 g/mol. The van der Waals surface area contributed by atoms with Gasteiger partial charge in [-0.25, -0.2) is 0 Å². The average Bonchev–Trinajstić information content (AvgIpc) is 3.33. The predicted molar refractivity (Wildman–Crippen MR) is 288 cm³/mol. The molecule has 0 saturated heterocycles. The molecular formula is C61H94O6. The molecule has 0 spiro atoms. The molecule has 6 heteroatoms. The molecule has 0 N–H and O–H groups in total. The molecule has 0 saturated carbocycles. The Kier molecular flexibility index (Phi) is 50.1. The van der Waals surface area contributed by atoms with E-state index in [1.165, 1.54) is 25.7 Å².